The van der Waals surface area contributed by atoms with Crippen LogP contribution in [-0.4, -0.2) is 39.5 Å². The van der Waals surface area contributed by atoms with Crippen LogP contribution in [0.15, 0.2) is 18.2 Å². The van der Waals surface area contributed by atoms with E-state index in [2.05, 4.69) is 10.6 Å². The molecule has 0 spiro atoms. The minimum atomic E-state index is -0.543. The molecule has 2 atom stereocenters. The topological polar surface area (TPSA) is 67.4 Å². The highest BCUT2D eigenvalue weighted by molar-refractivity contribution is 6.30. The largest absolute Gasteiger partial charge is 0.468 e. The lowest BCUT2D eigenvalue weighted by Gasteiger charge is -2.20. The van der Waals surface area contributed by atoms with Gasteiger partial charge in [-0.2, -0.15) is 0 Å². The minimum Gasteiger partial charge on any atom is -0.468 e. The molecule has 2 N–H and O–H groups in total. The molecule has 0 saturated heterocycles. The van der Waals surface area contributed by atoms with E-state index in [-0.39, 0.29) is 0 Å². The Morgan fingerprint density at radius 3 is 2.65 bits per heavy atom. The van der Waals surface area contributed by atoms with Crippen LogP contribution in [0.5, 0.6) is 0 Å². The number of hydrogen-bond acceptors (Lipinski definition) is 5. The molecule has 0 bridgehead atoms. The average molecular weight is 299 g/mol. The molecular weight excluding hydrogens is 280 g/mol. The summed E-state index contributed by atoms with van der Waals surface area (Å²) in [5.74, 6) is -0.847. The summed E-state index contributed by atoms with van der Waals surface area (Å²) >= 11 is 5.98. The maximum atomic E-state index is 11.6. The molecule has 110 valence electrons. The van der Waals surface area contributed by atoms with Crippen LogP contribution in [-0.2, 0) is 14.3 Å². The van der Waals surface area contributed by atoms with Crippen molar-refractivity contribution in [1.82, 2.24) is 5.32 Å². The first-order valence-corrected chi connectivity index (χ1v) is 6.62. The van der Waals surface area contributed by atoms with Crippen molar-refractivity contribution in [3.05, 3.63) is 28.8 Å². The van der Waals surface area contributed by atoms with E-state index in [1.807, 2.05) is 0 Å². The molecule has 0 aliphatic carbocycles. The van der Waals surface area contributed by atoms with Gasteiger partial charge in [0.15, 0.2) is 0 Å². The van der Waals surface area contributed by atoms with Crippen LogP contribution in [0.2, 0.25) is 5.02 Å². The summed E-state index contributed by atoms with van der Waals surface area (Å²) in [5.41, 5.74) is 1.57. The van der Waals surface area contributed by atoms with E-state index in [9.17, 15) is 9.59 Å². The number of nitrogens with one attached hydrogen (secondary N) is 2. The Morgan fingerprint density at radius 2 is 2.15 bits per heavy atom. The zero-order valence-corrected chi connectivity index (χ0v) is 12.5. The molecule has 0 aliphatic heterocycles. The van der Waals surface area contributed by atoms with Gasteiger partial charge < -0.3 is 20.2 Å². The number of hydrogen-bond donors (Lipinski definition) is 2. The molecule has 0 amide bonds. The molecule has 0 heterocycles. The van der Waals surface area contributed by atoms with Crippen molar-refractivity contribution in [3.8, 4) is 0 Å². The van der Waals surface area contributed by atoms with E-state index < -0.39 is 17.9 Å². The lowest BCUT2D eigenvalue weighted by Crippen LogP contribution is -2.36. The van der Waals surface area contributed by atoms with Crippen molar-refractivity contribution < 1.29 is 14.3 Å². The van der Waals surface area contributed by atoms with E-state index in [1.165, 1.54) is 7.11 Å². The van der Waals surface area contributed by atoms with E-state index in [4.69, 9.17) is 16.3 Å². The Bertz CT molecular complexity index is 479. The fourth-order valence-corrected chi connectivity index (χ4v) is 2.23. The predicted molar refractivity (Wildman–Crippen MR) is 79.3 cm³/mol. The van der Waals surface area contributed by atoms with Crippen LogP contribution in [0, 0.1) is 0 Å². The highest BCUT2D eigenvalue weighted by Gasteiger charge is 2.24. The maximum Gasteiger partial charge on any atom is 0.322 e. The van der Waals surface area contributed by atoms with Crippen molar-refractivity contribution in [1.29, 1.82) is 0 Å². The number of ether oxygens (including phenoxy) is 1. The third-order valence-electron chi connectivity index (χ3n) is 3.17. The van der Waals surface area contributed by atoms with Gasteiger partial charge in [0.1, 0.15) is 12.3 Å². The van der Waals surface area contributed by atoms with Crippen molar-refractivity contribution in [2.24, 2.45) is 0 Å². The van der Waals surface area contributed by atoms with Gasteiger partial charge in [-0.05, 0) is 37.2 Å². The lowest BCUT2D eigenvalue weighted by molar-refractivity contribution is -0.143. The first-order chi connectivity index (χ1) is 9.57. The van der Waals surface area contributed by atoms with Gasteiger partial charge >= 0.3 is 5.97 Å². The number of methoxy groups -OCH3 is 1. The SMILES string of the molecule is CNc1ccc(Cl)cc1C(C=O)CC(NC)C(=O)OC. The Balaban J connectivity index is 3.04. The van der Waals surface area contributed by atoms with E-state index in [0.717, 1.165) is 17.5 Å². The zero-order valence-electron chi connectivity index (χ0n) is 11.8. The number of carbonyl (C=O) groups excluding carboxylic acids is 2. The molecule has 20 heavy (non-hydrogen) atoms. The number of benzene rings is 1. The van der Waals surface area contributed by atoms with E-state index >= 15 is 0 Å². The number of halogens is 1. The van der Waals surface area contributed by atoms with Crippen LogP contribution in [0.3, 0.4) is 0 Å². The number of aldehydes is 1. The summed E-state index contributed by atoms with van der Waals surface area (Å²) in [5, 5.41) is 6.42. The van der Waals surface area contributed by atoms with Crippen molar-refractivity contribution in [2.75, 3.05) is 26.5 Å². The molecule has 1 aromatic carbocycles. The number of esters is 1. The minimum absolute atomic E-state index is 0.307. The first-order valence-electron chi connectivity index (χ1n) is 6.25. The fraction of sp³-hybridized carbons (Fsp3) is 0.429. The highest BCUT2D eigenvalue weighted by atomic mass is 35.5. The highest BCUT2D eigenvalue weighted by Crippen LogP contribution is 2.29. The van der Waals surface area contributed by atoms with Crippen LogP contribution in [0.4, 0.5) is 5.69 Å². The van der Waals surface area contributed by atoms with Crippen molar-refractivity contribution >= 4 is 29.5 Å². The molecule has 2 unspecified atom stereocenters. The normalized spacial score (nSPS) is 13.4. The van der Waals surface area contributed by atoms with Crippen LogP contribution in [0.25, 0.3) is 0 Å². The molecule has 0 radical (unpaired) electrons. The number of likely N-dealkylation sites (N-methyl/N-ethyl adjacent to an activating group) is 1. The van der Waals surface area contributed by atoms with Gasteiger partial charge in [0, 0.05) is 23.7 Å². The fourth-order valence-electron chi connectivity index (χ4n) is 2.05. The zero-order chi connectivity index (χ0) is 15.1. The Kier molecular flexibility index (Phi) is 6.48. The second-order valence-corrected chi connectivity index (χ2v) is 4.76. The summed E-state index contributed by atoms with van der Waals surface area (Å²) in [7, 11) is 4.74. The summed E-state index contributed by atoms with van der Waals surface area (Å²) in [6.07, 6.45) is 1.13. The molecule has 0 aromatic heterocycles. The van der Waals surface area contributed by atoms with Crippen molar-refractivity contribution in [3.63, 3.8) is 0 Å². The number of rotatable bonds is 7. The first kappa shape index (κ1) is 16.5. The van der Waals surface area contributed by atoms with Crippen molar-refractivity contribution in [2.45, 2.75) is 18.4 Å². The molecule has 0 saturated carbocycles. The van der Waals surface area contributed by atoms with E-state index in [0.29, 0.717) is 11.4 Å². The molecule has 6 heteroatoms. The standard InChI is InChI=1S/C14H19ClN2O3/c1-16-12-5-4-10(15)7-11(12)9(8-18)6-13(17-2)14(19)20-3/h4-5,7-9,13,16-17H,6H2,1-3H3. The molecule has 5 nitrogen and oxygen atoms in total. The second-order valence-electron chi connectivity index (χ2n) is 4.32. The number of carbonyl (C=O) groups is 2. The smallest absolute Gasteiger partial charge is 0.322 e. The summed E-state index contributed by atoms with van der Waals surface area (Å²) in [4.78, 5) is 23.0. The lowest BCUT2D eigenvalue weighted by atomic mass is 9.92. The van der Waals surface area contributed by atoms with Crippen LogP contribution >= 0.6 is 11.6 Å². The second kappa shape index (κ2) is 7.87. The predicted octanol–water partition coefficient (Wildman–Crippen LogP) is 1.82. The van der Waals surface area contributed by atoms with Gasteiger partial charge in [0.05, 0.1) is 7.11 Å². The van der Waals surface area contributed by atoms with Crippen LogP contribution in [0.1, 0.15) is 17.9 Å². The van der Waals surface area contributed by atoms with Gasteiger partial charge in [0.2, 0.25) is 0 Å². The maximum absolute atomic E-state index is 11.6. The summed E-state index contributed by atoms with van der Waals surface area (Å²) < 4.78 is 4.71. The molecule has 0 aliphatic rings. The quantitative estimate of drug-likeness (QED) is 0.594. The molecular formula is C14H19ClN2O3. The molecule has 1 rings (SSSR count). The van der Waals surface area contributed by atoms with Gasteiger partial charge in [0.25, 0.3) is 0 Å². The van der Waals surface area contributed by atoms with Crippen LogP contribution < -0.4 is 10.6 Å². The molecule has 0 fully saturated rings. The monoisotopic (exact) mass is 298 g/mol. The van der Waals surface area contributed by atoms with E-state index in [1.54, 1.807) is 32.3 Å². The van der Waals surface area contributed by atoms with Gasteiger partial charge in [-0.15, -0.1) is 0 Å². The Labute approximate surface area is 123 Å². The van der Waals surface area contributed by atoms with Gasteiger partial charge in [-0.1, -0.05) is 11.6 Å². The third-order valence-corrected chi connectivity index (χ3v) is 3.41. The third kappa shape index (κ3) is 3.95. The van der Waals surface area contributed by atoms with Gasteiger partial charge in [-0.25, -0.2) is 0 Å². The Hall–Kier alpha value is -1.59. The average Bonchev–Trinajstić information content (AvgIpc) is 2.47. The molecule has 1 aromatic rings. The van der Waals surface area contributed by atoms with Gasteiger partial charge in [-0.3, -0.25) is 4.79 Å². The number of anilines is 1. The summed E-state index contributed by atoms with van der Waals surface area (Å²) in [6.45, 7) is 0. The Morgan fingerprint density at radius 1 is 1.45 bits per heavy atom. The summed E-state index contributed by atoms with van der Waals surface area (Å²) in [6, 6.07) is 4.74.